The van der Waals surface area contributed by atoms with Crippen molar-refractivity contribution in [2.45, 2.75) is 5.03 Å². The van der Waals surface area contributed by atoms with Gasteiger partial charge in [-0.2, -0.15) is 4.98 Å². The molecule has 6 heteroatoms. The number of aromatic nitrogens is 2. The van der Waals surface area contributed by atoms with E-state index >= 15 is 0 Å². The van der Waals surface area contributed by atoms with E-state index in [1.54, 1.807) is 0 Å². The number of methoxy groups -OCH3 is 1. The largest absolute Gasteiger partial charge is 0.480 e. The molecule has 0 bridgehead atoms. The molecule has 0 spiro atoms. The zero-order valence-electron chi connectivity index (χ0n) is 5.72. The predicted molar refractivity (Wildman–Crippen MR) is 37.6 cm³/mol. The van der Waals surface area contributed by atoms with E-state index in [0.717, 1.165) is 0 Å². The van der Waals surface area contributed by atoms with Gasteiger partial charge in [0.15, 0.2) is 5.03 Å². The summed E-state index contributed by atoms with van der Waals surface area (Å²) in [6, 6.07) is 0. The monoisotopic (exact) mass is 174 g/mol. The molecule has 60 valence electrons. The Balaban J connectivity index is 3.01. The molecule has 1 aromatic heterocycles. The summed E-state index contributed by atoms with van der Waals surface area (Å²) in [6.45, 7) is 0. The van der Waals surface area contributed by atoms with Crippen molar-refractivity contribution < 1.29 is 13.5 Å². The van der Waals surface area contributed by atoms with Gasteiger partial charge < -0.3 is 9.29 Å². The Labute approximate surface area is 65.7 Å². The van der Waals surface area contributed by atoms with Crippen LogP contribution >= 0.6 is 0 Å². The summed E-state index contributed by atoms with van der Waals surface area (Å²) in [5, 5.41) is -0.00986. The van der Waals surface area contributed by atoms with E-state index < -0.39 is 11.1 Å². The number of hydrogen-bond acceptors (Lipinski definition) is 4. The molecule has 11 heavy (non-hydrogen) atoms. The molecule has 0 aromatic carbocycles. The van der Waals surface area contributed by atoms with Crippen LogP contribution in [0.25, 0.3) is 0 Å². The summed E-state index contributed by atoms with van der Waals surface area (Å²) in [7, 11) is 1.41. The maximum atomic E-state index is 10.4. The van der Waals surface area contributed by atoms with Crippen molar-refractivity contribution in [3.05, 3.63) is 12.4 Å². The van der Waals surface area contributed by atoms with E-state index in [0.29, 0.717) is 0 Å². The fourth-order valence-electron chi connectivity index (χ4n) is 0.514. The minimum atomic E-state index is -2.09. The van der Waals surface area contributed by atoms with Gasteiger partial charge in [0.25, 0.3) is 0 Å². The van der Waals surface area contributed by atoms with E-state index in [1.807, 2.05) is 0 Å². The van der Waals surface area contributed by atoms with Crippen molar-refractivity contribution in [1.29, 1.82) is 0 Å². The second-order valence-corrected chi connectivity index (χ2v) is 2.57. The molecular formula is C5H6N2O3S. The molecular weight excluding hydrogens is 168 g/mol. The van der Waals surface area contributed by atoms with Crippen molar-refractivity contribution in [1.82, 2.24) is 9.97 Å². The average Bonchev–Trinajstić information content (AvgIpc) is 2.05. The fraction of sp³-hybridized carbons (Fsp3) is 0.200. The normalized spacial score (nSPS) is 12.5. The van der Waals surface area contributed by atoms with Gasteiger partial charge >= 0.3 is 0 Å². The van der Waals surface area contributed by atoms with Gasteiger partial charge in [-0.05, 0) is 0 Å². The van der Waals surface area contributed by atoms with Crippen molar-refractivity contribution in [3.63, 3.8) is 0 Å². The van der Waals surface area contributed by atoms with Crippen LogP contribution in [0.4, 0.5) is 0 Å². The third-order valence-corrected chi connectivity index (χ3v) is 1.53. The lowest BCUT2D eigenvalue weighted by atomic mass is 10.7. The van der Waals surface area contributed by atoms with Gasteiger partial charge in [0.05, 0.1) is 19.5 Å². The molecule has 0 saturated heterocycles. The van der Waals surface area contributed by atoms with E-state index in [4.69, 9.17) is 4.55 Å². The van der Waals surface area contributed by atoms with Crippen LogP contribution in [-0.4, -0.2) is 25.8 Å². The molecule has 1 N–H and O–H groups in total. The van der Waals surface area contributed by atoms with Crippen LogP contribution in [0.5, 0.6) is 5.88 Å². The maximum Gasteiger partial charge on any atom is 0.233 e. The van der Waals surface area contributed by atoms with Crippen LogP contribution < -0.4 is 4.74 Å². The maximum absolute atomic E-state index is 10.4. The van der Waals surface area contributed by atoms with E-state index in [-0.39, 0.29) is 10.9 Å². The molecule has 0 aliphatic carbocycles. The van der Waals surface area contributed by atoms with Gasteiger partial charge in [0, 0.05) is 0 Å². The van der Waals surface area contributed by atoms with Gasteiger partial charge in [-0.25, -0.2) is 4.21 Å². The Bertz CT molecular complexity index is 278. The summed E-state index contributed by atoms with van der Waals surface area (Å²) < 4.78 is 23.7. The molecule has 0 fully saturated rings. The Morgan fingerprint density at radius 1 is 1.64 bits per heavy atom. The molecule has 0 amide bonds. The minimum Gasteiger partial charge on any atom is -0.480 e. The number of hydrogen-bond donors (Lipinski definition) is 1. The molecule has 0 radical (unpaired) electrons. The highest BCUT2D eigenvalue weighted by atomic mass is 32.2. The Hall–Kier alpha value is -1.01. The van der Waals surface area contributed by atoms with Crippen LogP contribution in [0.3, 0.4) is 0 Å². The standard InChI is InChI=1S/C5H6N2O3S/c1-10-4-2-6-3-5(7-4)11(8)9/h2-3H,1H3,(H,8,9). The SMILES string of the molecule is COc1cncc(S(=O)O)n1. The first-order valence-electron chi connectivity index (χ1n) is 2.71. The quantitative estimate of drug-likeness (QED) is 0.642. The average molecular weight is 174 g/mol. The number of nitrogens with zero attached hydrogens (tertiary/aromatic N) is 2. The topological polar surface area (TPSA) is 72.3 Å². The second kappa shape index (κ2) is 3.40. The van der Waals surface area contributed by atoms with Gasteiger partial charge in [-0.3, -0.25) is 4.98 Å². The number of rotatable bonds is 2. The lowest BCUT2D eigenvalue weighted by molar-refractivity contribution is 0.390. The molecule has 0 aliphatic rings. The summed E-state index contributed by atoms with van der Waals surface area (Å²) in [5.74, 6) is 0.227. The van der Waals surface area contributed by atoms with Crippen LogP contribution in [0.2, 0.25) is 0 Å². The molecule has 1 rings (SSSR count). The summed E-state index contributed by atoms with van der Waals surface area (Å²) in [4.78, 5) is 7.29. The first kappa shape index (κ1) is 8.09. The highest BCUT2D eigenvalue weighted by molar-refractivity contribution is 7.79. The van der Waals surface area contributed by atoms with Crippen molar-refractivity contribution in [2.24, 2.45) is 0 Å². The molecule has 5 nitrogen and oxygen atoms in total. The zero-order chi connectivity index (χ0) is 8.27. The lowest BCUT2D eigenvalue weighted by Crippen LogP contribution is -1.96. The molecule has 1 atom stereocenters. The molecule has 0 saturated carbocycles. The zero-order valence-corrected chi connectivity index (χ0v) is 6.54. The summed E-state index contributed by atoms with van der Waals surface area (Å²) in [6.07, 6.45) is 2.56. The molecule has 1 aromatic rings. The highest BCUT2D eigenvalue weighted by Crippen LogP contribution is 2.05. The Morgan fingerprint density at radius 3 is 2.91 bits per heavy atom. The second-order valence-electron chi connectivity index (χ2n) is 1.65. The van der Waals surface area contributed by atoms with Crippen LogP contribution in [0.15, 0.2) is 17.4 Å². The van der Waals surface area contributed by atoms with Crippen molar-refractivity contribution in [3.8, 4) is 5.88 Å². The van der Waals surface area contributed by atoms with Crippen molar-refractivity contribution >= 4 is 11.1 Å². The van der Waals surface area contributed by atoms with Crippen LogP contribution in [0.1, 0.15) is 0 Å². The fourth-order valence-corrected chi connectivity index (χ4v) is 0.833. The van der Waals surface area contributed by atoms with Gasteiger partial charge in [0.2, 0.25) is 17.0 Å². The van der Waals surface area contributed by atoms with Gasteiger partial charge in [0.1, 0.15) is 0 Å². The molecule has 1 unspecified atom stereocenters. The minimum absolute atomic E-state index is 0.00986. The van der Waals surface area contributed by atoms with E-state index in [1.165, 1.54) is 19.5 Å². The van der Waals surface area contributed by atoms with E-state index in [2.05, 4.69) is 14.7 Å². The third kappa shape index (κ3) is 1.95. The molecule has 0 aliphatic heterocycles. The van der Waals surface area contributed by atoms with Crippen LogP contribution in [0, 0.1) is 0 Å². The van der Waals surface area contributed by atoms with Gasteiger partial charge in [-0.1, -0.05) is 0 Å². The highest BCUT2D eigenvalue weighted by Gasteiger charge is 2.02. The first-order chi connectivity index (χ1) is 5.24. The summed E-state index contributed by atoms with van der Waals surface area (Å²) in [5.41, 5.74) is 0. The Morgan fingerprint density at radius 2 is 2.36 bits per heavy atom. The lowest BCUT2D eigenvalue weighted by Gasteiger charge is -1.97. The Kier molecular flexibility index (Phi) is 2.50. The van der Waals surface area contributed by atoms with E-state index in [9.17, 15) is 4.21 Å². The summed E-state index contributed by atoms with van der Waals surface area (Å²) >= 11 is -2.09. The van der Waals surface area contributed by atoms with Gasteiger partial charge in [-0.15, -0.1) is 0 Å². The first-order valence-corrected chi connectivity index (χ1v) is 3.81. The van der Waals surface area contributed by atoms with Crippen LogP contribution in [-0.2, 0) is 11.1 Å². The van der Waals surface area contributed by atoms with Crippen molar-refractivity contribution in [2.75, 3.05) is 7.11 Å². The smallest absolute Gasteiger partial charge is 0.233 e. The third-order valence-electron chi connectivity index (χ3n) is 0.978. The number of ether oxygens (including phenoxy) is 1. The predicted octanol–water partition coefficient (Wildman–Crippen LogP) is 0.0658. The molecule has 1 heterocycles.